The molecule has 3 atom stereocenters. The van der Waals surface area contributed by atoms with E-state index in [1.54, 1.807) is 0 Å². The average molecular weight is 701 g/mol. The van der Waals surface area contributed by atoms with E-state index < -0.39 is 62.7 Å². The first-order chi connectivity index (χ1) is 23.4. The number of carbonyl (C=O) groups excluding carboxylic acids is 2. The molecule has 0 fully saturated rings. The van der Waals surface area contributed by atoms with Crippen LogP contribution in [-0.2, 0) is 45.3 Å². The number of esters is 1. The Morgan fingerprint density at radius 2 is 1.45 bits per heavy atom. The standard InChI is InChI=1S/C37H50F2N4O5S/c1-4-11-32(12-5-2)49(46,47)25-34(43-37(45)42-23-27-13-8-7-9-14-27)36(44)48-35(24-41-22-28-16-10-15-26(6-3)17-28)33(40)20-29-18-30(38)21-31(39)19-29/h7-10,13-19,21,32-35,41H,4-6,11-12,20,22-25,40H2,1-3H3,(H2,42,43,45)/t33-,34-,35+/m0/s1. The number of sulfone groups is 1. The van der Waals surface area contributed by atoms with Gasteiger partial charge in [0.15, 0.2) is 9.84 Å². The molecule has 0 saturated heterocycles. The summed E-state index contributed by atoms with van der Waals surface area (Å²) in [7, 11) is -3.85. The zero-order chi connectivity index (χ0) is 35.8. The van der Waals surface area contributed by atoms with Gasteiger partial charge >= 0.3 is 12.0 Å². The fraction of sp³-hybridized carbons (Fsp3) is 0.459. The number of ether oxygens (including phenoxy) is 1. The Kier molecular flexibility index (Phi) is 16.1. The number of rotatable bonds is 20. The van der Waals surface area contributed by atoms with Gasteiger partial charge in [-0.05, 0) is 60.1 Å². The lowest BCUT2D eigenvalue weighted by Crippen LogP contribution is -2.54. The van der Waals surface area contributed by atoms with Gasteiger partial charge in [-0.25, -0.2) is 26.8 Å². The Morgan fingerprint density at radius 1 is 0.816 bits per heavy atom. The fourth-order valence-electron chi connectivity index (χ4n) is 5.63. The molecule has 3 rings (SSSR count). The molecule has 9 nitrogen and oxygen atoms in total. The van der Waals surface area contributed by atoms with E-state index in [2.05, 4.69) is 22.9 Å². The van der Waals surface area contributed by atoms with Crippen molar-refractivity contribution in [3.05, 3.63) is 107 Å². The smallest absolute Gasteiger partial charge is 0.330 e. The van der Waals surface area contributed by atoms with E-state index in [-0.39, 0.29) is 25.1 Å². The number of nitrogens with two attached hydrogens (primary N) is 1. The molecular formula is C37H50F2N4O5S. The molecule has 0 aliphatic rings. The number of nitrogens with one attached hydrogen (secondary N) is 3. The summed E-state index contributed by atoms with van der Waals surface area (Å²) >= 11 is 0. The summed E-state index contributed by atoms with van der Waals surface area (Å²) in [6.07, 6.45) is 1.87. The van der Waals surface area contributed by atoms with Gasteiger partial charge in [0.2, 0.25) is 0 Å². The highest BCUT2D eigenvalue weighted by molar-refractivity contribution is 7.92. The van der Waals surface area contributed by atoms with Crippen molar-refractivity contribution in [2.45, 2.75) is 95.8 Å². The van der Waals surface area contributed by atoms with Crippen LogP contribution in [0.4, 0.5) is 13.6 Å². The first kappa shape index (κ1) is 39.6. The van der Waals surface area contributed by atoms with Crippen LogP contribution in [-0.4, -0.2) is 56.2 Å². The number of benzene rings is 3. The molecule has 0 spiro atoms. The lowest BCUT2D eigenvalue weighted by atomic mass is 10.0. The van der Waals surface area contributed by atoms with Gasteiger partial charge in [-0.2, -0.15) is 0 Å². The van der Waals surface area contributed by atoms with E-state index in [4.69, 9.17) is 10.5 Å². The van der Waals surface area contributed by atoms with Gasteiger partial charge in [0, 0.05) is 31.7 Å². The Hall–Kier alpha value is -3.87. The Labute approximate surface area is 289 Å². The molecule has 268 valence electrons. The summed E-state index contributed by atoms with van der Waals surface area (Å²) in [5, 5.41) is 7.75. The van der Waals surface area contributed by atoms with Crippen molar-refractivity contribution in [1.29, 1.82) is 0 Å². The van der Waals surface area contributed by atoms with Crippen LogP contribution in [0.15, 0.2) is 72.8 Å². The molecule has 0 bridgehead atoms. The number of carbonyl (C=O) groups is 2. The molecule has 0 aliphatic carbocycles. The number of hydrogen-bond donors (Lipinski definition) is 4. The molecule has 0 aromatic heterocycles. The van der Waals surface area contributed by atoms with E-state index in [9.17, 15) is 26.8 Å². The van der Waals surface area contributed by atoms with Crippen molar-refractivity contribution < 1.29 is 31.5 Å². The van der Waals surface area contributed by atoms with Crippen LogP contribution in [0.25, 0.3) is 0 Å². The van der Waals surface area contributed by atoms with Crippen LogP contribution in [0.2, 0.25) is 0 Å². The second-order valence-corrected chi connectivity index (χ2v) is 14.6. The lowest BCUT2D eigenvalue weighted by molar-refractivity contribution is -0.151. The zero-order valence-corrected chi connectivity index (χ0v) is 29.4. The number of amides is 2. The van der Waals surface area contributed by atoms with Crippen LogP contribution in [0.3, 0.4) is 0 Å². The van der Waals surface area contributed by atoms with Gasteiger partial charge in [-0.3, -0.25) is 0 Å². The lowest BCUT2D eigenvalue weighted by Gasteiger charge is -2.28. The Balaban J connectivity index is 1.85. The third-order valence-corrected chi connectivity index (χ3v) is 10.5. The third-order valence-electron chi connectivity index (χ3n) is 8.23. The van der Waals surface area contributed by atoms with Gasteiger partial charge in [-0.1, -0.05) is 88.2 Å². The first-order valence-electron chi connectivity index (χ1n) is 16.9. The number of urea groups is 1. The van der Waals surface area contributed by atoms with E-state index >= 15 is 0 Å². The summed E-state index contributed by atoms with van der Waals surface area (Å²) in [5.74, 6) is -3.18. The van der Waals surface area contributed by atoms with Crippen molar-refractivity contribution >= 4 is 21.8 Å². The first-order valence-corrected chi connectivity index (χ1v) is 18.6. The monoisotopic (exact) mass is 700 g/mol. The predicted molar refractivity (Wildman–Crippen MR) is 188 cm³/mol. The van der Waals surface area contributed by atoms with Crippen molar-refractivity contribution in [3.8, 4) is 0 Å². The highest BCUT2D eigenvalue weighted by atomic mass is 32.2. The SMILES string of the molecule is CCCC(CCC)S(=O)(=O)C[C@H](NC(=O)NCc1ccccc1)C(=O)O[C@H](CNCc1cccc(CC)c1)[C@@H](N)Cc1cc(F)cc(F)c1. The van der Waals surface area contributed by atoms with Gasteiger partial charge in [-0.15, -0.1) is 0 Å². The largest absolute Gasteiger partial charge is 0.458 e. The summed E-state index contributed by atoms with van der Waals surface area (Å²) in [6.45, 7) is 6.44. The Morgan fingerprint density at radius 3 is 2.08 bits per heavy atom. The molecule has 0 radical (unpaired) electrons. The molecule has 0 aliphatic heterocycles. The van der Waals surface area contributed by atoms with Gasteiger partial charge in [0.05, 0.1) is 11.0 Å². The predicted octanol–water partition coefficient (Wildman–Crippen LogP) is 5.35. The minimum absolute atomic E-state index is 0.0390. The van der Waals surface area contributed by atoms with Crippen LogP contribution in [0, 0.1) is 11.6 Å². The van der Waals surface area contributed by atoms with Crippen LogP contribution in [0.5, 0.6) is 0 Å². The maximum absolute atomic E-state index is 14.0. The van der Waals surface area contributed by atoms with E-state index in [1.807, 2.05) is 68.4 Å². The second-order valence-electron chi connectivity index (χ2n) is 12.3. The van der Waals surface area contributed by atoms with E-state index in [1.165, 1.54) is 0 Å². The molecule has 3 aromatic rings. The van der Waals surface area contributed by atoms with Crippen LogP contribution in [0.1, 0.15) is 68.7 Å². The molecule has 12 heteroatoms. The van der Waals surface area contributed by atoms with Gasteiger partial charge in [0.1, 0.15) is 23.8 Å². The molecule has 2 amide bonds. The summed E-state index contributed by atoms with van der Waals surface area (Å²) < 4.78 is 61.1. The van der Waals surface area contributed by atoms with Gasteiger partial charge in [0.25, 0.3) is 0 Å². The number of hydrogen-bond acceptors (Lipinski definition) is 7. The highest BCUT2D eigenvalue weighted by Crippen LogP contribution is 2.18. The second kappa shape index (κ2) is 20.0. The minimum atomic E-state index is -3.85. The average Bonchev–Trinajstić information content (AvgIpc) is 3.06. The van der Waals surface area contributed by atoms with Crippen molar-refractivity contribution in [3.63, 3.8) is 0 Å². The topological polar surface area (TPSA) is 140 Å². The summed E-state index contributed by atoms with van der Waals surface area (Å²) in [6, 6.07) is 16.9. The molecule has 3 aromatic carbocycles. The zero-order valence-electron chi connectivity index (χ0n) is 28.6. The molecule has 0 unspecified atom stereocenters. The quantitative estimate of drug-likeness (QED) is 0.117. The van der Waals surface area contributed by atoms with Crippen molar-refractivity contribution in [2.75, 3.05) is 12.3 Å². The molecule has 49 heavy (non-hydrogen) atoms. The molecule has 0 saturated carbocycles. The van der Waals surface area contributed by atoms with E-state index in [0.29, 0.717) is 32.2 Å². The molecular weight excluding hydrogens is 650 g/mol. The number of halogens is 2. The normalized spacial score (nSPS) is 13.4. The van der Waals surface area contributed by atoms with Crippen LogP contribution < -0.4 is 21.7 Å². The fourth-order valence-corrected chi connectivity index (χ4v) is 7.78. The summed E-state index contributed by atoms with van der Waals surface area (Å²) in [5.41, 5.74) is 9.73. The van der Waals surface area contributed by atoms with Crippen molar-refractivity contribution in [1.82, 2.24) is 16.0 Å². The highest BCUT2D eigenvalue weighted by Gasteiger charge is 2.35. The molecule has 5 N–H and O–H groups in total. The Bertz CT molecular complexity index is 1570. The summed E-state index contributed by atoms with van der Waals surface area (Å²) in [4.78, 5) is 26.8. The minimum Gasteiger partial charge on any atom is -0.458 e. The van der Waals surface area contributed by atoms with Gasteiger partial charge < -0.3 is 26.4 Å². The van der Waals surface area contributed by atoms with Crippen LogP contribution >= 0.6 is 0 Å². The number of aryl methyl sites for hydroxylation is 1. The van der Waals surface area contributed by atoms with E-state index in [0.717, 1.165) is 41.3 Å². The maximum atomic E-state index is 14.0. The molecule has 0 heterocycles. The third kappa shape index (κ3) is 13.5. The van der Waals surface area contributed by atoms with Crippen molar-refractivity contribution in [2.24, 2.45) is 5.73 Å². The maximum Gasteiger partial charge on any atom is 0.330 e.